The van der Waals surface area contributed by atoms with Crippen LogP contribution in [0, 0.1) is 5.92 Å². The molecule has 3 heterocycles. The smallest absolute Gasteiger partial charge is 0.229 e. The summed E-state index contributed by atoms with van der Waals surface area (Å²) in [6.45, 7) is 3.88. The van der Waals surface area contributed by atoms with E-state index in [9.17, 15) is 4.79 Å². The van der Waals surface area contributed by atoms with Crippen LogP contribution in [0.5, 0.6) is 0 Å². The monoisotopic (exact) mass is 379 g/mol. The van der Waals surface area contributed by atoms with Gasteiger partial charge in [0.1, 0.15) is 5.82 Å². The van der Waals surface area contributed by atoms with Gasteiger partial charge in [-0.15, -0.1) is 0 Å². The van der Waals surface area contributed by atoms with E-state index in [4.69, 9.17) is 0 Å². The second-order valence-electron chi connectivity index (χ2n) is 7.79. The van der Waals surface area contributed by atoms with E-state index in [1.54, 1.807) is 18.6 Å². The zero-order valence-electron chi connectivity index (χ0n) is 16.4. The van der Waals surface area contributed by atoms with Crippen LogP contribution in [0.25, 0.3) is 0 Å². The first-order valence-electron chi connectivity index (χ1n) is 10.5. The minimum absolute atomic E-state index is 0.0268. The molecule has 1 aromatic heterocycles. The number of rotatable bonds is 4. The van der Waals surface area contributed by atoms with Crippen LogP contribution in [0.15, 0.2) is 42.9 Å². The molecule has 1 aromatic carbocycles. The summed E-state index contributed by atoms with van der Waals surface area (Å²) in [6, 6.07) is 8.32. The fourth-order valence-corrected chi connectivity index (χ4v) is 4.18. The number of piperidine rings is 1. The Morgan fingerprint density at radius 1 is 0.929 bits per heavy atom. The van der Waals surface area contributed by atoms with Gasteiger partial charge < -0.3 is 15.1 Å². The van der Waals surface area contributed by atoms with Gasteiger partial charge in [-0.3, -0.25) is 9.78 Å². The number of anilines is 3. The zero-order valence-corrected chi connectivity index (χ0v) is 16.4. The number of benzene rings is 1. The minimum atomic E-state index is -0.0268. The maximum atomic E-state index is 12.8. The second kappa shape index (κ2) is 9.04. The average molecular weight is 380 g/mol. The van der Waals surface area contributed by atoms with Crippen molar-refractivity contribution in [1.29, 1.82) is 0 Å². The Kier molecular flexibility index (Phi) is 6.04. The van der Waals surface area contributed by atoms with E-state index in [0.29, 0.717) is 6.54 Å². The van der Waals surface area contributed by atoms with Crippen molar-refractivity contribution in [3.05, 3.63) is 42.9 Å². The predicted octanol–water partition coefficient (Wildman–Crippen LogP) is 3.71. The first-order chi connectivity index (χ1) is 13.8. The normalized spacial score (nSPS) is 20.5. The molecule has 1 N–H and O–H groups in total. The van der Waals surface area contributed by atoms with Crippen molar-refractivity contribution >= 4 is 23.1 Å². The minimum Gasteiger partial charge on any atom is -0.372 e. The Labute approximate surface area is 167 Å². The highest BCUT2D eigenvalue weighted by Crippen LogP contribution is 2.24. The fraction of sp³-hybridized carbons (Fsp3) is 0.500. The van der Waals surface area contributed by atoms with Gasteiger partial charge in [-0.2, -0.15) is 0 Å². The van der Waals surface area contributed by atoms with Crippen molar-refractivity contribution in [3.8, 4) is 0 Å². The molecule has 2 fully saturated rings. The van der Waals surface area contributed by atoms with Gasteiger partial charge in [-0.05, 0) is 49.9 Å². The van der Waals surface area contributed by atoms with E-state index in [-0.39, 0.29) is 11.8 Å². The molecule has 6 heteroatoms. The summed E-state index contributed by atoms with van der Waals surface area (Å²) in [7, 11) is 0. The van der Waals surface area contributed by atoms with Crippen LogP contribution in [0.3, 0.4) is 0 Å². The number of carbonyl (C=O) groups excluding carboxylic acids is 1. The van der Waals surface area contributed by atoms with Gasteiger partial charge in [0.05, 0.1) is 12.1 Å². The van der Waals surface area contributed by atoms with Crippen LogP contribution in [0.2, 0.25) is 0 Å². The average Bonchev–Trinajstić information content (AvgIpc) is 3.05. The topological polar surface area (TPSA) is 61.4 Å². The molecule has 148 valence electrons. The number of hydrogen-bond donors (Lipinski definition) is 1. The molecule has 2 aliphatic heterocycles. The van der Waals surface area contributed by atoms with Crippen LogP contribution >= 0.6 is 0 Å². The standard InChI is InChI=1S/C22H29N5O/c28-22(18-6-5-15-27(17-18)21-16-23-11-12-24-21)25-19-7-9-20(10-8-19)26-13-3-1-2-4-14-26/h7-12,16,18H,1-6,13-15,17H2,(H,25,28). The Hall–Kier alpha value is -2.63. The zero-order chi connectivity index (χ0) is 19.2. The quantitative estimate of drug-likeness (QED) is 0.877. The molecule has 2 aliphatic rings. The molecule has 28 heavy (non-hydrogen) atoms. The highest BCUT2D eigenvalue weighted by atomic mass is 16.1. The fourth-order valence-electron chi connectivity index (χ4n) is 4.18. The van der Waals surface area contributed by atoms with Crippen molar-refractivity contribution in [1.82, 2.24) is 9.97 Å². The molecule has 1 amide bonds. The first-order valence-corrected chi connectivity index (χ1v) is 10.5. The molecule has 0 bridgehead atoms. The molecule has 2 saturated heterocycles. The summed E-state index contributed by atoms with van der Waals surface area (Å²) in [6.07, 6.45) is 12.2. The third-order valence-electron chi connectivity index (χ3n) is 5.77. The lowest BCUT2D eigenvalue weighted by molar-refractivity contribution is -0.120. The van der Waals surface area contributed by atoms with Crippen LogP contribution in [0.1, 0.15) is 38.5 Å². The van der Waals surface area contributed by atoms with Crippen LogP contribution in [-0.4, -0.2) is 42.1 Å². The Balaban J connectivity index is 1.35. The number of amides is 1. The van der Waals surface area contributed by atoms with E-state index >= 15 is 0 Å². The van der Waals surface area contributed by atoms with Crippen LogP contribution in [-0.2, 0) is 4.79 Å². The van der Waals surface area contributed by atoms with Gasteiger partial charge in [0.2, 0.25) is 5.91 Å². The van der Waals surface area contributed by atoms with Gasteiger partial charge in [0.25, 0.3) is 0 Å². The van der Waals surface area contributed by atoms with E-state index in [0.717, 1.165) is 44.0 Å². The van der Waals surface area contributed by atoms with E-state index in [1.807, 2.05) is 12.1 Å². The molecule has 6 nitrogen and oxygen atoms in total. The maximum absolute atomic E-state index is 12.8. The highest BCUT2D eigenvalue weighted by Gasteiger charge is 2.26. The first kappa shape index (κ1) is 18.7. The van der Waals surface area contributed by atoms with Crippen molar-refractivity contribution in [2.45, 2.75) is 38.5 Å². The Bertz CT molecular complexity index is 756. The molecule has 2 aromatic rings. The van der Waals surface area contributed by atoms with Gasteiger partial charge in [0.15, 0.2) is 0 Å². The van der Waals surface area contributed by atoms with Crippen molar-refractivity contribution in [2.24, 2.45) is 5.92 Å². The molecular formula is C22H29N5O. The summed E-state index contributed by atoms with van der Waals surface area (Å²) in [5.41, 5.74) is 2.13. The number of aromatic nitrogens is 2. The summed E-state index contributed by atoms with van der Waals surface area (Å²) in [4.78, 5) is 25.9. The van der Waals surface area contributed by atoms with Gasteiger partial charge in [-0.25, -0.2) is 4.98 Å². The lowest BCUT2D eigenvalue weighted by atomic mass is 9.97. The molecule has 0 aliphatic carbocycles. The third kappa shape index (κ3) is 4.61. The molecule has 1 unspecified atom stereocenters. The number of carbonyl (C=O) groups is 1. The predicted molar refractivity (Wildman–Crippen MR) is 113 cm³/mol. The Morgan fingerprint density at radius 2 is 1.68 bits per heavy atom. The number of hydrogen-bond acceptors (Lipinski definition) is 5. The third-order valence-corrected chi connectivity index (χ3v) is 5.77. The largest absolute Gasteiger partial charge is 0.372 e. The lowest BCUT2D eigenvalue weighted by Gasteiger charge is -2.32. The molecule has 0 spiro atoms. The maximum Gasteiger partial charge on any atom is 0.229 e. The summed E-state index contributed by atoms with van der Waals surface area (Å²) in [5, 5.41) is 3.11. The highest BCUT2D eigenvalue weighted by molar-refractivity contribution is 5.93. The van der Waals surface area contributed by atoms with Crippen molar-refractivity contribution in [3.63, 3.8) is 0 Å². The van der Waals surface area contributed by atoms with Crippen molar-refractivity contribution < 1.29 is 4.79 Å². The SMILES string of the molecule is O=C(Nc1ccc(N2CCCCCC2)cc1)C1CCCN(c2cnccn2)C1. The van der Waals surface area contributed by atoms with E-state index in [2.05, 4.69) is 37.2 Å². The lowest BCUT2D eigenvalue weighted by Crippen LogP contribution is -2.41. The molecule has 0 saturated carbocycles. The number of nitrogens with zero attached hydrogens (tertiary/aromatic N) is 4. The molecule has 1 atom stereocenters. The molecule has 0 radical (unpaired) electrons. The van der Waals surface area contributed by atoms with E-state index < -0.39 is 0 Å². The van der Waals surface area contributed by atoms with Crippen LogP contribution < -0.4 is 15.1 Å². The van der Waals surface area contributed by atoms with Gasteiger partial charge in [-0.1, -0.05) is 12.8 Å². The summed E-state index contributed by atoms with van der Waals surface area (Å²) >= 11 is 0. The van der Waals surface area contributed by atoms with Gasteiger partial charge in [0, 0.05) is 49.9 Å². The van der Waals surface area contributed by atoms with Gasteiger partial charge >= 0.3 is 0 Å². The Morgan fingerprint density at radius 3 is 2.39 bits per heavy atom. The second-order valence-corrected chi connectivity index (χ2v) is 7.79. The molecule has 4 rings (SSSR count). The summed E-state index contributed by atoms with van der Waals surface area (Å²) in [5.74, 6) is 0.916. The summed E-state index contributed by atoms with van der Waals surface area (Å²) < 4.78 is 0. The van der Waals surface area contributed by atoms with Crippen molar-refractivity contribution in [2.75, 3.05) is 41.3 Å². The van der Waals surface area contributed by atoms with E-state index in [1.165, 1.54) is 31.4 Å². The molecular weight excluding hydrogens is 350 g/mol. The number of nitrogens with one attached hydrogen (secondary N) is 1. The van der Waals surface area contributed by atoms with Crippen LogP contribution in [0.4, 0.5) is 17.2 Å².